The van der Waals surface area contributed by atoms with Crippen LogP contribution in [0.4, 0.5) is 0 Å². The first-order chi connectivity index (χ1) is 9.84. The maximum Gasteiger partial charge on any atom is 0.234 e. The first-order valence-electron chi connectivity index (χ1n) is 6.34. The molecule has 2 aromatic carbocycles. The molecule has 20 heavy (non-hydrogen) atoms. The number of aromatic hydroxyl groups is 1. The van der Waals surface area contributed by atoms with Gasteiger partial charge in [0.2, 0.25) is 5.95 Å². The lowest BCUT2D eigenvalue weighted by atomic mass is 10.1. The van der Waals surface area contributed by atoms with Gasteiger partial charge in [-0.25, -0.2) is 9.97 Å². The Labute approximate surface area is 115 Å². The van der Waals surface area contributed by atoms with Crippen LogP contribution >= 0.6 is 0 Å². The monoisotopic (exact) mass is 261 g/mol. The molecule has 0 spiro atoms. The van der Waals surface area contributed by atoms with Crippen LogP contribution in [-0.4, -0.2) is 19.6 Å². The molecule has 0 radical (unpaired) electrons. The molecule has 96 valence electrons. The van der Waals surface area contributed by atoms with Gasteiger partial charge in [-0.15, -0.1) is 0 Å². The molecule has 0 aliphatic rings. The van der Waals surface area contributed by atoms with Crippen LogP contribution in [0.2, 0.25) is 0 Å². The smallest absolute Gasteiger partial charge is 0.234 e. The first-order valence-corrected chi connectivity index (χ1v) is 6.34. The van der Waals surface area contributed by atoms with Gasteiger partial charge in [0.25, 0.3) is 0 Å². The Morgan fingerprint density at radius 1 is 0.800 bits per heavy atom. The van der Waals surface area contributed by atoms with E-state index in [4.69, 9.17) is 0 Å². The van der Waals surface area contributed by atoms with Crippen molar-refractivity contribution in [2.75, 3.05) is 0 Å². The van der Waals surface area contributed by atoms with Gasteiger partial charge in [0.1, 0.15) is 5.75 Å². The number of phenols is 1. The summed E-state index contributed by atoms with van der Waals surface area (Å²) in [6, 6.07) is 15.2. The van der Waals surface area contributed by atoms with Crippen molar-refractivity contribution in [3.8, 4) is 11.7 Å². The quantitative estimate of drug-likeness (QED) is 0.572. The molecular weight excluding hydrogens is 250 g/mol. The van der Waals surface area contributed by atoms with Gasteiger partial charge in [0.15, 0.2) is 0 Å². The van der Waals surface area contributed by atoms with Crippen molar-refractivity contribution in [3.05, 3.63) is 60.9 Å². The van der Waals surface area contributed by atoms with Crippen LogP contribution in [0.1, 0.15) is 0 Å². The molecule has 0 aliphatic carbocycles. The third kappa shape index (κ3) is 1.48. The van der Waals surface area contributed by atoms with E-state index in [1.165, 1.54) is 0 Å². The minimum atomic E-state index is 0.234. The largest absolute Gasteiger partial charge is 0.508 e. The molecule has 0 saturated carbocycles. The van der Waals surface area contributed by atoms with Crippen LogP contribution < -0.4 is 0 Å². The zero-order chi connectivity index (χ0) is 13.5. The molecule has 0 fully saturated rings. The lowest BCUT2D eigenvalue weighted by Gasteiger charge is -2.04. The second-order valence-electron chi connectivity index (χ2n) is 4.60. The number of rotatable bonds is 1. The van der Waals surface area contributed by atoms with Crippen molar-refractivity contribution in [3.63, 3.8) is 0 Å². The lowest BCUT2D eigenvalue weighted by molar-refractivity contribution is 0.476. The molecule has 0 saturated heterocycles. The van der Waals surface area contributed by atoms with Crippen molar-refractivity contribution in [2.45, 2.75) is 0 Å². The fourth-order valence-electron chi connectivity index (χ4n) is 2.58. The average Bonchev–Trinajstić information content (AvgIpc) is 2.81. The highest BCUT2D eigenvalue weighted by molar-refractivity contribution is 6.09. The van der Waals surface area contributed by atoms with Crippen LogP contribution in [0.15, 0.2) is 60.9 Å². The average molecular weight is 261 g/mol. The SMILES string of the molecule is Oc1ccc2c3ccccc3n(-c3ncccn3)c2c1. The molecule has 0 unspecified atom stereocenters. The van der Waals surface area contributed by atoms with Crippen molar-refractivity contribution in [1.82, 2.24) is 14.5 Å². The number of fused-ring (bicyclic) bond motifs is 3. The van der Waals surface area contributed by atoms with E-state index in [0.717, 1.165) is 21.8 Å². The van der Waals surface area contributed by atoms with Crippen molar-refractivity contribution < 1.29 is 5.11 Å². The minimum absolute atomic E-state index is 0.234. The van der Waals surface area contributed by atoms with Gasteiger partial charge in [-0.1, -0.05) is 18.2 Å². The topological polar surface area (TPSA) is 50.9 Å². The molecule has 0 bridgehead atoms. The highest BCUT2D eigenvalue weighted by atomic mass is 16.3. The van der Waals surface area contributed by atoms with E-state index in [-0.39, 0.29) is 5.75 Å². The van der Waals surface area contributed by atoms with E-state index < -0.39 is 0 Å². The van der Waals surface area contributed by atoms with Crippen LogP contribution in [0.3, 0.4) is 0 Å². The fraction of sp³-hybridized carbons (Fsp3) is 0. The second kappa shape index (κ2) is 4.06. The maximum absolute atomic E-state index is 9.77. The highest BCUT2D eigenvalue weighted by Crippen LogP contribution is 2.32. The van der Waals surface area contributed by atoms with E-state index in [9.17, 15) is 5.11 Å². The van der Waals surface area contributed by atoms with Gasteiger partial charge >= 0.3 is 0 Å². The molecule has 4 heteroatoms. The van der Waals surface area contributed by atoms with Crippen LogP contribution in [0.5, 0.6) is 5.75 Å². The number of phenolic OH excluding ortho intramolecular Hbond substituents is 1. The Morgan fingerprint density at radius 2 is 1.55 bits per heavy atom. The van der Waals surface area contributed by atoms with E-state index in [2.05, 4.69) is 16.0 Å². The Balaban J connectivity index is 2.23. The van der Waals surface area contributed by atoms with E-state index in [1.807, 2.05) is 28.8 Å². The molecule has 4 aromatic rings. The highest BCUT2D eigenvalue weighted by Gasteiger charge is 2.13. The molecule has 2 heterocycles. The maximum atomic E-state index is 9.77. The third-order valence-corrected chi connectivity index (χ3v) is 3.41. The summed E-state index contributed by atoms with van der Waals surface area (Å²) in [5, 5.41) is 12.0. The fourth-order valence-corrected chi connectivity index (χ4v) is 2.58. The summed E-state index contributed by atoms with van der Waals surface area (Å²) in [5.41, 5.74) is 1.93. The number of para-hydroxylation sites is 1. The predicted molar refractivity (Wildman–Crippen MR) is 78.0 cm³/mol. The van der Waals surface area contributed by atoms with Crippen molar-refractivity contribution in [1.29, 1.82) is 0 Å². The van der Waals surface area contributed by atoms with Gasteiger partial charge in [0, 0.05) is 29.2 Å². The van der Waals surface area contributed by atoms with E-state index in [1.54, 1.807) is 30.6 Å². The molecular formula is C16H11N3O. The molecule has 4 rings (SSSR count). The molecule has 0 amide bonds. The summed E-state index contributed by atoms with van der Waals surface area (Å²) in [6.45, 7) is 0. The molecule has 0 atom stereocenters. The van der Waals surface area contributed by atoms with Crippen molar-refractivity contribution in [2.24, 2.45) is 0 Å². The van der Waals surface area contributed by atoms with E-state index >= 15 is 0 Å². The zero-order valence-corrected chi connectivity index (χ0v) is 10.6. The number of hydrogen-bond acceptors (Lipinski definition) is 3. The summed E-state index contributed by atoms with van der Waals surface area (Å²) in [4.78, 5) is 8.64. The van der Waals surface area contributed by atoms with Gasteiger partial charge in [-0.3, -0.25) is 4.57 Å². The standard InChI is InChI=1S/C16H11N3O/c20-11-6-7-13-12-4-1-2-5-14(12)19(15(13)10-11)16-17-8-3-9-18-16/h1-10,20H. The minimum Gasteiger partial charge on any atom is -0.508 e. The van der Waals surface area contributed by atoms with E-state index in [0.29, 0.717) is 5.95 Å². The Bertz CT molecular complexity index is 913. The summed E-state index contributed by atoms with van der Waals surface area (Å²) in [7, 11) is 0. The number of hydrogen-bond donors (Lipinski definition) is 1. The summed E-state index contributed by atoms with van der Waals surface area (Å²) in [5.74, 6) is 0.835. The molecule has 2 aromatic heterocycles. The first kappa shape index (κ1) is 11.0. The number of nitrogens with zero attached hydrogens (tertiary/aromatic N) is 3. The normalized spacial score (nSPS) is 11.2. The second-order valence-corrected chi connectivity index (χ2v) is 4.60. The van der Waals surface area contributed by atoms with Crippen LogP contribution in [0, 0.1) is 0 Å². The number of benzene rings is 2. The van der Waals surface area contributed by atoms with Gasteiger partial charge in [0.05, 0.1) is 11.0 Å². The predicted octanol–water partition coefficient (Wildman–Crippen LogP) is 3.28. The Hall–Kier alpha value is -2.88. The van der Waals surface area contributed by atoms with Gasteiger partial charge in [-0.2, -0.15) is 0 Å². The number of aromatic nitrogens is 3. The van der Waals surface area contributed by atoms with Crippen LogP contribution in [0.25, 0.3) is 27.8 Å². The summed E-state index contributed by atoms with van der Waals surface area (Å²) in [6.07, 6.45) is 3.43. The van der Waals surface area contributed by atoms with Crippen molar-refractivity contribution >= 4 is 21.8 Å². The summed E-state index contributed by atoms with van der Waals surface area (Å²) < 4.78 is 1.96. The molecule has 1 N–H and O–H groups in total. The van der Waals surface area contributed by atoms with Gasteiger partial charge in [-0.05, 0) is 24.3 Å². The lowest BCUT2D eigenvalue weighted by Crippen LogP contribution is -1.99. The Morgan fingerprint density at radius 3 is 2.40 bits per heavy atom. The molecule has 4 nitrogen and oxygen atoms in total. The third-order valence-electron chi connectivity index (χ3n) is 3.41. The van der Waals surface area contributed by atoms with Crippen LogP contribution in [-0.2, 0) is 0 Å². The zero-order valence-electron chi connectivity index (χ0n) is 10.6. The molecule has 0 aliphatic heterocycles. The summed E-state index contributed by atoms with van der Waals surface area (Å²) >= 11 is 0. The van der Waals surface area contributed by atoms with Gasteiger partial charge < -0.3 is 5.11 Å². The Kier molecular flexibility index (Phi) is 2.23.